The van der Waals surface area contributed by atoms with Gasteiger partial charge in [-0.25, -0.2) is 8.42 Å². The van der Waals surface area contributed by atoms with Crippen LogP contribution in [0.25, 0.3) is 0 Å². The number of piperidine rings is 1. The molecule has 1 N–H and O–H groups in total. The van der Waals surface area contributed by atoms with Crippen LogP contribution in [-0.4, -0.2) is 53.0 Å². The lowest BCUT2D eigenvalue weighted by atomic mass is 10.1. The highest BCUT2D eigenvalue weighted by Gasteiger charge is 2.27. The second-order valence-electron chi connectivity index (χ2n) is 7.28. The van der Waals surface area contributed by atoms with Gasteiger partial charge in [0.2, 0.25) is 15.8 Å². The number of aryl methyl sites for hydroxylation is 1. The molecule has 1 heterocycles. The van der Waals surface area contributed by atoms with Crippen LogP contribution < -0.4 is 19.5 Å². The molecule has 3 rings (SSSR count). The van der Waals surface area contributed by atoms with E-state index in [0.717, 1.165) is 24.8 Å². The van der Waals surface area contributed by atoms with Gasteiger partial charge < -0.3 is 19.5 Å². The van der Waals surface area contributed by atoms with Gasteiger partial charge in [0.15, 0.2) is 11.5 Å². The highest BCUT2D eigenvalue weighted by molar-refractivity contribution is 7.89. The fourth-order valence-corrected chi connectivity index (χ4v) is 5.16. The summed E-state index contributed by atoms with van der Waals surface area (Å²) in [6.07, 6.45) is 2.75. The first-order chi connectivity index (χ1) is 14.8. The van der Waals surface area contributed by atoms with Crippen LogP contribution in [0.4, 0.5) is 5.69 Å². The Bertz CT molecular complexity index is 1060. The summed E-state index contributed by atoms with van der Waals surface area (Å²) in [6, 6.07) is 7.95. The molecule has 0 unspecified atom stereocenters. The number of ether oxygens (including phenoxy) is 3. The molecule has 1 aliphatic heterocycles. The zero-order valence-corrected chi connectivity index (χ0v) is 19.0. The zero-order chi connectivity index (χ0) is 22.6. The molecule has 0 aliphatic carbocycles. The van der Waals surface area contributed by atoms with Crippen LogP contribution in [0.3, 0.4) is 0 Å². The van der Waals surface area contributed by atoms with E-state index >= 15 is 0 Å². The number of sulfonamides is 1. The molecule has 1 aliphatic rings. The summed E-state index contributed by atoms with van der Waals surface area (Å²) in [6.45, 7) is 2.83. The van der Waals surface area contributed by atoms with Crippen molar-refractivity contribution < 1.29 is 27.4 Å². The maximum absolute atomic E-state index is 13.0. The lowest BCUT2D eigenvalue weighted by Crippen LogP contribution is -2.35. The minimum atomic E-state index is -3.61. The van der Waals surface area contributed by atoms with Crippen molar-refractivity contribution in [1.82, 2.24) is 4.31 Å². The van der Waals surface area contributed by atoms with Crippen molar-refractivity contribution >= 4 is 21.6 Å². The standard InChI is InChI=1S/C22H28N2O6S/c1-15-8-9-16(31(26,27)24-12-6-5-7-13-24)14-18(15)23-22(25)17-10-11-19(28-2)21(30-4)20(17)29-3/h8-11,14H,5-7,12-13H2,1-4H3,(H,23,25). The highest BCUT2D eigenvalue weighted by Crippen LogP contribution is 2.40. The van der Waals surface area contributed by atoms with Crippen LogP contribution in [0.1, 0.15) is 35.2 Å². The maximum Gasteiger partial charge on any atom is 0.259 e. The Morgan fingerprint density at radius 2 is 1.61 bits per heavy atom. The van der Waals surface area contributed by atoms with Gasteiger partial charge in [-0.3, -0.25) is 4.79 Å². The zero-order valence-electron chi connectivity index (χ0n) is 18.2. The minimum absolute atomic E-state index is 0.162. The largest absolute Gasteiger partial charge is 0.493 e. The van der Waals surface area contributed by atoms with Gasteiger partial charge >= 0.3 is 0 Å². The van der Waals surface area contributed by atoms with Gasteiger partial charge in [0.05, 0.1) is 31.8 Å². The van der Waals surface area contributed by atoms with Gasteiger partial charge in [0.1, 0.15) is 0 Å². The van der Waals surface area contributed by atoms with Gasteiger partial charge in [-0.15, -0.1) is 0 Å². The molecule has 1 fully saturated rings. The highest BCUT2D eigenvalue weighted by atomic mass is 32.2. The molecule has 31 heavy (non-hydrogen) atoms. The predicted octanol–water partition coefficient (Wildman–Crippen LogP) is 3.45. The number of benzene rings is 2. The topological polar surface area (TPSA) is 94.2 Å². The molecule has 0 aromatic heterocycles. The third kappa shape index (κ3) is 4.62. The first kappa shape index (κ1) is 22.9. The third-order valence-corrected chi connectivity index (χ3v) is 7.25. The summed E-state index contributed by atoms with van der Waals surface area (Å²) >= 11 is 0. The quantitative estimate of drug-likeness (QED) is 0.697. The number of carbonyl (C=O) groups is 1. The maximum atomic E-state index is 13.0. The molecular weight excluding hydrogens is 420 g/mol. The van der Waals surface area contributed by atoms with E-state index in [9.17, 15) is 13.2 Å². The average Bonchev–Trinajstić information content (AvgIpc) is 2.79. The molecule has 1 amide bonds. The normalized spacial score (nSPS) is 14.7. The van der Waals surface area contributed by atoms with Gasteiger partial charge in [0, 0.05) is 18.8 Å². The van der Waals surface area contributed by atoms with E-state index < -0.39 is 15.9 Å². The van der Waals surface area contributed by atoms with E-state index in [0.29, 0.717) is 30.3 Å². The molecule has 0 saturated carbocycles. The number of carbonyl (C=O) groups excluding carboxylic acids is 1. The smallest absolute Gasteiger partial charge is 0.259 e. The van der Waals surface area contributed by atoms with Crippen molar-refractivity contribution in [3.63, 3.8) is 0 Å². The SMILES string of the molecule is COc1ccc(C(=O)Nc2cc(S(=O)(=O)N3CCCCC3)ccc2C)c(OC)c1OC. The van der Waals surface area contributed by atoms with Crippen molar-refractivity contribution in [2.75, 3.05) is 39.7 Å². The summed E-state index contributed by atoms with van der Waals surface area (Å²) in [5, 5.41) is 2.81. The lowest BCUT2D eigenvalue weighted by Gasteiger charge is -2.26. The van der Waals surface area contributed by atoms with Crippen LogP contribution in [0, 0.1) is 6.92 Å². The summed E-state index contributed by atoms with van der Waals surface area (Å²) in [5.41, 5.74) is 1.40. The summed E-state index contributed by atoms with van der Waals surface area (Å²) in [5.74, 6) is 0.514. The van der Waals surface area contributed by atoms with E-state index in [2.05, 4.69) is 5.32 Å². The molecule has 2 aromatic carbocycles. The van der Waals surface area contributed by atoms with Crippen molar-refractivity contribution in [3.8, 4) is 17.2 Å². The summed E-state index contributed by atoms with van der Waals surface area (Å²) in [7, 11) is 0.776. The Kier molecular flexibility index (Phi) is 7.07. The minimum Gasteiger partial charge on any atom is -0.493 e. The fourth-order valence-electron chi connectivity index (χ4n) is 3.62. The average molecular weight is 449 g/mol. The number of hydrogen-bond acceptors (Lipinski definition) is 6. The predicted molar refractivity (Wildman–Crippen MR) is 118 cm³/mol. The van der Waals surface area contributed by atoms with E-state index in [-0.39, 0.29) is 16.2 Å². The van der Waals surface area contributed by atoms with Crippen LogP contribution in [0.15, 0.2) is 35.2 Å². The van der Waals surface area contributed by atoms with Gasteiger partial charge in [-0.05, 0) is 49.6 Å². The molecule has 8 nitrogen and oxygen atoms in total. The van der Waals surface area contributed by atoms with Crippen LogP contribution in [0.5, 0.6) is 17.2 Å². The van der Waals surface area contributed by atoms with Crippen molar-refractivity contribution in [2.45, 2.75) is 31.1 Å². The first-order valence-corrected chi connectivity index (χ1v) is 11.5. The molecule has 0 bridgehead atoms. The Balaban J connectivity index is 1.93. The Labute approximate surface area is 183 Å². The molecule has 1 saturated heterocycles. The van der Waals surface area contributed by atoms with Crippen molar-refractivity contribution in [1.29, 1.82) is 0 Å². The Hall–Kier alpha value is -2.78. The Morgan fingerprint density at radius 1 is 0.935 bits per heavy atom. The van der Waals surface area contributed by atoms with E-state index in [1.165, 1.54) is 31.7 Å². The third-order valence-electron chi connectivity index (χ3n) is 5.36. The van der Waals surface area contributed by atoms with E-state index in [1.54, 1.807) is 31.2 Å². The molecule has 0 atom stereocenters. The van der Waals surface area contributed by atoms with E-state index in [4.69, 9.17) is 14.2 Å². The molecule has 0 spiro atoms. The molecule has 9 heteroatoms. The van der Waals surface area contributed by atoms with Crippen molar-refractivity contribution in [2.24, 2.45) is 0 Å². The van der Waals surface area contributed by atoms with Crippen molar-refractivity contribution in [3.05, 3.63) is 41.5 Å². The van der Waals surface area contributed by atoms with Crippen LogP contribution in [-0.2, 0) is 10.0 Å². The van der Waals surface area contributed by atoms with Gasteiger partial charge in [0.25, 0.3) is 5.91 Å². The number of nitrogens with one attached hydrogen (secondary N) is 1. The Morgan fingerprint density at radius 3 is 2.23 bits per heavy atom. The summed E-state index contributed by atoms with van der Waals surface area (Å²) < 4.78 is 43.5. The number of hydrogen-bond donors (Lipinski definition) is 1. The number of anilines is 1. The number of methoxy groups -OCH3 is 3. The van der Waals surface area contributed by atoms with Crippen LogP contribution in [0.2, 0.25) is 0 Å². The van der Waals surface area contributed by atoms with Gasteiger partial charge in [-0.2, -0.15) is 4.31 Å². The first-order valence-electron chi connectivity index (χ1n) is 10.0. The number of amides is 1. The molecular formula is C22H28N2O6S. The summed E-state index contributed by atoms with van der Waals surface area (Å²) in [4.78, 5) is 13.2. The van der Waals surface area contributed by atoms with Gasteiger partial charge in [-0.1, -0.05) is 12.5 Å². The molecule has 2 aromatic rings. The monoisotopic (exact) mass is 448 g/mol. The lowest BCUT2D eigenvalue weighted by molar-refractivity contribution is 0.102. The molecule has 0 radical (unpaired) electrons. The number of nitrogens with zero attached hydrogens (tertiary/aromatic N) is 1. The fraction of sp³-hybridized carbons (Fsp3) is 0.409. The molecule has 168 valence electrons. The van der Waals surface area contributed by atoms with E-state index in [1.807, 2.05) is 0 Å². The number of rotatable bonds is 7. The second kappa shape index (κ2) is 9.57. The van der Waals surface area contributed by atoms with Crippen LogP contribution >= 0.6 is 0 Å². The second-order valence-corrected chi connectivity index (χ2v) is 9.22.